The number of aryl methyl sites for hydroxylation is 1. The third-order valence-electron chi connectivity index (χ3n) is 6.20. The van der Waals surface area contributed by atoms with E-state index in [9.17, 15) is 13.6 Å². The highest BCUT2D eigenvalue weighted by Crippen LogP contribution is 2.29. The van der Waals surface area contributed by atoms with E-state index >= 15 is 0 Å². The number of aromatic nitrogens is 2. The Kier molecular flexibility index (Phi) is 7.65. The fraction of sp³-hybridized carbons (Fsp3) is 0.370. The van der Waals surface area contributed by atoms with Gasteiger partial charge in [0.05, 0.1) is 0 Å². The van der Waals surface area contributed by atoms with E-state index in [1.807, 2.05) is 6.92 Å². The van der Waals surface area contributed by atoms with Gasteiger partial charge >= 0.3 is 0 Å². The van der Waals surface area contributed by atoms with Gasteiger partial charge in [-0.1, -0.05) is 31.5 Å². The van der Waals surface area contributed by atoms with Crippen LogP contribution in [0.15, 0.2) is 42.5 Å². The normalized spacial score (nSPS) is 14.0. The van der Waals surface area contributed by atoms with Crippen LogP contribution < -0.4 is 4.90 Å². The van der Waals surface area contributed by atoms with Gasteiger partial charge in [0.2, 0.25) is 0 Å². The van der Waals surface area contributed by atoms with Crippen LogP contribution in [0.2, 0.25) is 5.02 Å². The van der Waals surface area contributed by atoms with Gasteiger partial charge in [0.15, 0.2) is 0 Å². The molecule has 1 aromatic heterocycles. The molecule has 35 heavy (non-hydrogen) atoms. The average Bonchev–Trinajstić information content (AvgIpc) is 2.82. The molecule has 8 heteroatoms. The van der Waals surface area contributed by atoms with Crippen molar-refractivity contribution >= 4 is 23.3 Å². The van der Waals surface area contributed by atoms with Crippen molar-refractivity contribution in [3.8, 4) is 0 Å². The molecular weight excluding hydrogens is 470 g/mol. The Bertz CT molecular complexity index is 1190. The molecule has 1 aliphatic rings. The summed E-state index contributed by atoms with van der Waals surface area (Å²) in [5.41, 5.74) is 2.52. The molecule has 184 valence electrons. The Morgan fingerprint density at radius 2 is 1.69 bits per heavy atom. The zero-order chi connectivity index (χ0) is 25.1. The number of benzene rings is 2. The number of rotatable bonds is 6. The SMILES string of the molecule is Cc1nc(CC(C)C)nc(N2CCN(C(=O)c3ccc(F)cc3)CC2)c1Cc1c(F)cccc1Cl. The first-order chi connectivity index (χ1) is 16.7. The van der Waals surface area contributed by atoms with Crippen molar-refractivity contribution in [2.24, 2.45) is 5.92 Å². The Morgan fingerprint density at radius 3 is 2.31 bits per heavy atom. The summed E-state index contributed by atoms with van der Waals surface area (Å²) in [4.78, 5) is 26.4. The van der Waals surface area contributed by atoms with E-state index in [2.05, 4.69) is 18.7 Å². The van der Waals surface area contributed by atoms with E-state index < -0.39 is 0 Å². The van der Waals surface area contributed by atoms with E-state index in [-0.39, 0.29) is 24.0 Å². The minimum absolute atomic E-state index is 0.123. The zero-order valence-electron chi connectivity index (χ0n) is 20.2. The zero-order valence-corrected chi connectivity index (χ0v) is 20.9. The third-order valence-corrected chi connectivity index (χ3v) is 6.56. The van der Waals surface area contributed by atoms with Crippen molar-refractivity contribution in [3.05, 3.63) is 87.3 Å². The summed E-state index contributed by atoms with van der Waals surface area (Å²) in [7, 11) is 0. The predicted octanol–water partition coefficient (Wildman–Crippen LogP) is 5.47. The van der Waals surface area contributed by atoms with Gasteiger partial charge in [-0.3, -0.25) is 4.79 Å². The molecule has 4 rings (SSSR count). The first-order valence-electron chi connectivity index (χ1n) is 11.8. The number of hydrogen-bond donors (Lipinski definition) is 0. The Morgan fingerprint density at radius 1 is 1.00 bits per heavy atom. The molecule has 5 nitrogen and oxygen atoms in total. The lowest BCUT2D eigenvalue weighted by Gasteiger charge is -2.36. The van der Waals surface area contributed by atoms with Gasteiger partial charge in [0.25, 0.3) is 5.91 Å². The summed E-state index contributed by atoms with van der Waals surface area (Å²) in [5.74, 6) is 1.05. The number of carbonyl (C=O) groups is 1. The molecule has 2 heterocycles. The molecule has 1 aliphatic heterocycles. The Hall–Kier alpha value is -3.06. The summed E-state index contributed by atoms with van der Waals surface area (Å²) < 4.78 is 27.9. The van der Waals surface area contributed by atoms with E-state index in [1.54, 1.807) is 17.0 Å². The van der Waals surface area contributed by atoms with E-state index in [4.69, 9.17) is 21.6 Å². The lowest BCUT2D eigenvalue weighted by atomic mass is 10.0. The fourth-order valence-corrected chi connectivity index (χ4v) is 4.57. The predicted molar refractivity (Wildman–Crippen MR) is 134 cm³/mol. The van der Waals surface area contributed by atoms with Crippen LogP contribution in [0.3, 0.4) is 0 Å². The first-order valence-corrected chi connectivity index (χ1v) is 12.2. The molecule has 2 aromatic carbocycles. The molecule has 0 aliphatic carbocycles. The molecule has 0 unspecified atom stereocenters. The van der Waals surface area contributed by atoms with Crippen molar-refractivity contribution < 1.29 is 13.6 Å². The standard InChI is InChI=1S/C27H29ClF2N4O/c1-17(2)15-25-31-18(3)21(16-22-23(28)5-4-6-24(22)30)26(32-25)33-11-13-34(14-12-33)27(35)19-7-9-20(29)10-8-19/h4-10,17H,11-16H2,1-3H3. The summed E-state index contributed by atoms with van der Waals surface area (Å²) in [6, 6.07) is 10.3. The van der Waals surface area contributed by atoms with Crippen LogP contribution in [0.25, 0.3) is 0 Å². The smallest absolute Gasteiger partial charge is 0.253 e. The van der Waals surface area contributed by atoms with E-state index in [1.165, 1.54) is 30.3 Å². The van der Waals surface area contributed by atoms with Crippen molar-refractivity contribution in [2.75, 3.05) is 31.1 Å². The maximum atomic E-state index is 14.6. The molecule has 1 fully saturated rings. The van der Waals surface area contributed by atoms with Gasteiger partial charge in [-0.05, 0) is 49.2 Å². The third kappa shape index (κ3) is 5.78. The molecule has 0 radical (unpaired) electrons. The second kappa shape index (κ2) is 10.7. The Balaban J connectivity index is 1.60. The maximum absolute atomic E-state index is 14.6. The molecule has 3 aromatic rings. The lowest BCUT2D eigenvalue weighted by molar-refractivity contribution is 0.0746. The highest BCUT2D eigenvalue weighted by molar-refractivity contribution is 6.31. The van der Waals surface area contributed by atoms with Crippen LogP contribution >= 0.6 is 11.6 Å². The van der Waals surface area contributed by atoms with Crippen LogP contribution in [0.5, 0.6) is 0 Å². The number of halogens is 3. The number of amides is 1. The quantitative estimate of drug-likeness (QED) is 0.452. The minimum atomic E-state index is -0.370. The number of anilines is 1. The summed E-state index contributed by atoms with van der Waals surface area (Å²) in [5, 5.41) is 0.372. The van der Waals surface area contributed by atoms with E-state index in [0.29, 0.717) is 48.2 Å². The summed E-state index contributed by atoms with van der Waals surface area (Å²) >= 11 is 6.33. The monoisotopic (exact) mass is 498 g/mol. The molecule has 0 saturated carbocycles. The van der Waals surface area contributed by atoms with Gasteiger partial charge in [0, 0.05) is 66.4 Å². The van der Waals surface area contributed by atoms with Gasteiger partial charge in [0.1, 0.15) is 23.3 Å². The van der Waals surface area contributed by atoms with Gasteiger partial charge < -0.3 is 9.80 Å². The second-order valence-electron chi connectivity index (χ2n) is 9.29. The Labute approximate surface area is 209 Å². The largest absolute Gasteiger partial charge is 0.353 e. The van der Waals surface area contributed by atoms with Gasteiger partial charge in [-0.2, -0.15) is 0 Å². The molecule has 0 N–H and O–H groups in total. The van der Waals surface area contributed by atoms with Crippen molar-refractivity contribution in [1.82, 2.24) is 14.9 Å². The van der Waals surface area contributed by atoms with Crippen LogP contribution in [0.1, 0.15) is 46.9 Å². The minimum Gasteiger partial charge on any atom is -0.353 e. The van der Waals surface area contributed by atoms with Crippen LogP contribution in [-0.4, -0.2) is 47.0 Å². The van der Waals surface area contributed by atoms with Crippen LogP contribution in [-0.2, 0) is 12.8 Å². The lowest BCUT2D eigenvalue weighted by Crippen LogP contribution is -2.49. The highest BCUT2D eigenvalue weighted by Gasteiger charge is 2.26. The van der Waals surface area contributed by atoms with Crippen LogP contribution in [0.4, 0.5) is 14.6 Å². The topological polar surface area (TPSA) is 49.3 Å². The second-order valence-corrected chi connectivity index (χ2v) is 9.70. The van der Waals surface area contributed by atoms with Crippen molar-refractivity contribution in [3.63, 3.8) is 0 Å². The van der Waals surface area contributed by atoms with Crippen molar-refractivity contribution in [2.45, 2.75) is 33.6 Å². The van der Waals surface area contributed by atoms with Crippen LogP contribution in [0, 0.1) is 24.5 Å². The number of hydrogen-bond acceptors (Lipinski definition) is 4. The van der Waals surface area contributed by atoms with Gasteiger partial charge in [-0.25, -0.2) is 18.7 Å². The number of carbonyl (C=O) groups excluding carboxylic acids is 1. The summed E-state index contributed by atoms with van der Waals surface area (Å²) in [6.45, 7) is 8.30. The fourth-order valence-electron chi connectivity index (χ4n) is 4.34. The van der Waals surface area contributed by atoms with Crippen molar-refractivity contribution in [1.29, 1.82) is 0 Å². The molecule has 1 amide bonds. The molecular formula is C27H29ClF2N4O. The average molecular weight is 499 g/mol. The van der Waals surface area contributed by atoms with E-state index in [0.717, 1.165) is 29.3 Å². The molecule has 1 saturated heterocycles. The number of piperazine rings is 1. The number of nitrogens with zero attached hydrogens (tertiary/aromatic N) is 4. The summed E-state index contributed by atoms with van der Waals surface area (Å²) in [6.07, 6.45) is 1.01. The highest BCUT2D eigenvalue weighted by atomic mass is 35.5. The first kappa shape index (κ1) is 25.0. The molecule has 0 atom stereocenters. The van der Waals surface area contributed by atoms with Gasteiger partial charge in [-0.15, -0.1) is 0 Å². The molecule has 0 spiro atoms. The molecule has 0 bridgehead atoms. The maximum Gasteiger partial charge on any atom is 0.253 e.